The van der Waals surface area contributed by atoms with E-state index in [1.165, 1.54) is 11.1 Å². The summed E-state index contributed by atoms with van der Waals surface area (Å²) in [5, 5.41) is 3.14. The molecular weight excluding hydrogens is 350 g/mol. The van der Waals surface area contributed by atoms with Crippen molar-refractivity contribution >= 4 is 11.8 Å². The smallest absolute Gasteiger partial charge is 0.272 e. The van der Waals surface area contributed by atoms with Crippen molar-refractivity contribution in [2.75, 3.05) is 13.1 Å². The first-order chi connectivity index (χ1) is 13.5. The highest BCUT2D eigenvalue weighted by Crippen LogP contribution is 2.41. The second-order valence-corrected chi connectivity index (χ2v) is 8.44. The van der Waals surface area contributed by atoms with Crippen molar-refractivity contribution in [3.05, 3.63) is 65.0 Å². The van der Waals surface area contributed by atoms with Crippen LogP contribution >= 0.6 is 0 Å². The summed E-state index contributed by atoms with van der Waals surface area (Å²) in [5.74, 6) is -0.313. The fourth-order valence-electron chi connectivity index (χ4n) is 4.36. The zero-order valence-electron chi connectivity index (χ0n) is 16.6. The Balaban J connectivity index is 1.53. The largest absolute Gasteiger partial charge is 0.344 e. The molecule has 146 valence electrons. The molecule has 2 aromatic rings. The number of pyridine rings is 1. The number of carbonyl (C=O) groups excluding carboxylic acids is 2. The van der Waals surface area contributed by atoms with Gasteiger partial charge in [0, 0.05) is 13.1 Å². The Morgan fingerprint density at radius 2 is 1.75 bits per heavy atom. The van der Waals surface area contributed by atoms with Gasteiger partial charge in [-0.15, -0.1) is 0 Å². The zero-order valence-corrected chi connectivity index (χ0v) is 16.6. The van der Waals surface area contributed by atoms with Gasteiger partial charge in [0.05, 0.1) is 6.04 Å². The minimum Gasteiger partial charge on any atom is -0.344 e. The summed E-state index contributed by atoms with van der Waals surface area (Å²) in [7, 11) is 0. The van der Waals surface area contributed by atoms with Crippen LogP contribution in [0.5, 0.6) is 0 Å². The average Bonchev–Trinajstić information content (AvgIpc) is 3.25. The van der Waals surface area contributed by atoms with Gasteiger partial charge in [0.25, 0.3) is 11.8 Å². The SMILES string of the molecule is CC1(C)CCC(NC(=O)c2cccc(C(=O)N3CCCC3)n2)c2ccccc21. The number of likely N-dealkylation sites (tertiary alicyclic amines) is 1. The van der Waals surface area contributed by atoms with Crippen LogP contribution < -0.4 is 5.32 Å². The molecule has 4 rings (SSSR count). The molecular formula is C23H27N3O2. The van der Waals surface area contributed by atoms with Crippen LogP contribution in [0.4, 0.5) is 0 Å². The van der Waals surface area contributed by atoms with Gasteiger partial charge in [-0.05, 0) is 54.4 Å². The number of nitrogens with zero attached hydrogens (tertiary/aromatic N) is 2. The Morgan fingerprint density at radius 3 is 2.54 bits per heavy atom. The van der Waals surface area contributed by atoms with Gasteiger partial charge >= 0.3 is 0 Å². The number of nitrogens with one attached hydrogen (secondary N) is 1. The number of aromatic nitrogens is 1. The van der Waals surface area contributed by atoms with Crippen LogP contribution in [0.15, 0.2) is 42.5 Å². The lowest BCUT2D eigenvalue weighted by Crippen LogP contribution is -2.36. The molecule has 0 spiro atoms. The molecule has 1 aromatic heterocycles. The predicted molar refractivity (Wildman–Crippen MR) is 108 cm³/mol. The molecule has 2 heterocycles. The van der Waals surface area contributed by atoms with E-state index in [1.807, 2.05) is 11.0 Å². The van der Waals surface area contributed by atoms with E-state index in [-0.39, 0.29) is 23.3 Å². The fourth-order valence-corrected chi connectivity index (χ4v) is 4.36. The molecule has 0 radical (unpaired) electrons. The van der Waals surface area contributed by atoms with Gasteiger partial charge in [0.1, 0.15) is 11.4 Å². The number of hydrogen-bond donors (Lipinski definition) is 1. The van der Waals surface area contributed by atoms with Crippen LogP contribution in [0.2, 0.25) is 0 Å². The summed E-state index contributed by atoms with van der Waals surface area (Å²) in [4.78, 5) is 31.6. The predicted octanol–water partition coefficient (Wildman–Crippen LogP) is 3.86. The standard InChI is InChI=1S/C23H27N3O2/c1-23(2)13-12-18(16-8-3-4-9-17(16)23)25-21(27)19-10-7-11-20(24-19)22(28)26-14-5-6-15-26/h3-4,7-11,18H,5-6,12-15H2,1-2H3,(H,25,27). The molecule has 5 nitrogen and oxygen atoms in total. The lowest BCUT2D eigenvalue weighted by molar-refractivity contribution is 0.0787. The lowest BCUT2D eigenvalue weighted by atomic mass is 9.71. The Kier molecular flexibility index (Phi) is 4.92. The Labute approximate surface area is 166 Å². The second-order valence-electron chi connectivity index (χ2n) is 8.44. The van der Waals surface area contributed by atoms with Crippen LogP contribution in [-0.2, 0) is 5.41 Å². The summed E-state index contributed by atoms with van der Waals surface area (Å²) < 4.78 is 0. The summed E-state index contributed by atoms with van der Waals surface area (Å²) in [6.07, 6.45) is 3.96. The molecule has 0 saturated carbocycles. The van der Waals surface area contributed by atoms with Gasteiger partial charge in [-0.3, -0.25) is 9.59 Å². The van der Waals surface area contributed by atoms with Gasteiger partial charge in [0.2, 0.25) is 0 Å². The maximum atomic E-state index is 12.9. The Morgan fingerprint density at radius 1 is 1.04 bits per heavy atom. The maximum Gasteiger partial charge on any atom is 0.272 e. The third-order valence-corrected chi connectivity index (χ3v) is 6.02. The summed E-state index contributed by atoms with van der Waals surface area (Å²) in [6.45, 7) is 6.04. The van der Waals surface area contributed by atoms with E-state index in [2.05, 4.69) is 42.3 Å². The third kappa shape index (κ3) is 3.53. The van der Waals surface area contributed by atoms with Crippen molar-refractivity contribution in [1.29, 1.82) is 0 Å². The van der Waals surface area contributed by atoms with Crippen LogP contribution in [0.1, 0.15) is 77.7 Å². The van der Waals surface area contributed by atoms with Crippen LogP contribution in [0, 0.1) is 0 Å². The van der Waals surface area contributed by atoms with Crippen molar-refractivity contribution in [2.45, 2.75) is 51.0 Å². The van der Waals surface area contributed by atoms with E-state index in [4.69, 9.17) is 0 Å². The number of amides is 2. The maximum absolute atomic E-state index is 12.9. The first kappa shape index (κ1) is 18.7. The van der Waals surface area contributed by atoms with Crippen molar-refractivity contribution in [1.82, 2.24) is 15.2 Å². The lowest BCUT2D eigenvalue weighted by Gasteiger charge is -2.37. The van der Waals surface area contributed by atoms with Gasteiger partial charge in [-0.25, -0.2) is 4.98 Å². The van der Waals surface area contributed by atoms with Crippen LogP contribution in [0.25, 0.3) is 0 Å². The van der Waals surface area contributed by atoms with E-state index in [1.54, 1.807) is 18.2 Å². The third-order valence-electron chi connectivity index (χ3n) is 6.02. The number of carbonyl (C=O) groups is 2. The van der Waals surface area contributed by atoms with E-state index in [9.17, 15) is 9.59 Å². The van der Waals surface area contributed by atoms with E-state index in [0.717, 1.165) is 38.8 Å². The molecule has 1 N–H and O–H groups in total. The highest BCUT2D eigenvalue weighted by molar-refractivity contribution is 5.96. The first-order valence-electron chi connectivity index (χ1n) is 10.1. The molecule has 1 aromatic carbocycles. The molecule has 1 fully saturated rings. The molecule has 1 unspecified atom stereocenters. The molecule has 2 amide bonds. The number of hydrogen-bond acceptors (Lipinski definition) is 3. The molecule has 1 atom stereocenters. The quantitative estimate of drug-likeness (QED) is 0.883. The highest BCUT2D eigenvalue weighted by Gasteiger charge is 2.33. The van der Waals surface area contributed by atoms with E-state index >= 15 is 0 Å². The van der Waals surface area contributed by atoms with Gasteiger partial charge < -0.3 is 10.2 Å². The minimum absolute atomic E-state index is 0.0311. The van der Waals surface area contributed by atoms with E-state index in [0.29, 0.717) is 11.4 Å². The first-order valence-corrected chi connectivity index (χ1v) is 10.1. The minimum atomic E-state index is -0.226. The molecule has 1 saturated heterocycles. The van der Waals surface area contributed by atoms with Gasteiger partial charge in [-0.2, -0.15) is 0 Å². The van der Waals surface area contributed by atoms with Crippen LogP contribution in [0.3, 0.4) is 0 Å². The monoisotopic (exact) mass is 377 g/mol. The summed E-state index contributed by atoms with van der Waals surface area (Å²) in [5.41, 5.74) is 3.22. The normalized spacial score (nSPS) is 20.5. The molecule has 5 heteroatoms. The van der Waals surface area contributed by atoms with Crippen LogP contribution in [-0.4, -0.2) is 34.8 Å². The van der Waals surface area contributed by atoms with Crippen molar-refractivity contribution in [3.63, 3.8) is 0 Å². The second kappa shape index (κ2) is 7.38. The molecule has 2 aliphatic rings. The Hall–Kier alpha value is -2.69. The summed E-state index contributed by atoms with van der Waals surface area (Å²) in [6, 6.07) is 13.4. The van der Waals surface area contributed by atoms with Gasteiger partial charge in [0.15, 0.2) is 0 Å². The zero-order chi connectivity index (χ0) is 19.7. The van der Waals surface area contributed by atoms with Crippen molar-refractivity contribution in [3.8, 4) is 0 Å². The van der Waals surface area contributed by atoms with Crippen molar-refractivity contribution in [2.24, 2.45) is 0 Å². The average molecular weight is 377 g/mol. The number of benzene rings is 1. The molecule has 0 bridgehead atoms. The van der Waals surface area contributed by atoms with E-state index < -0.39 is 0 Å². The summed E-state index contributed by atoms with van der Waals surface area (Å²) >= 11 is 0. The molecule has 1 aliphatic heterocycles. The van der Waals surface area contributed by atoms with Crippen molar-refractivity contribution < 1.29 is 9.59 Å². The topological polar surface area (TPSA) is 62.3 Å². The number of rotatable bonds is 3. The Bertz CT molecular complexity index is 900. The molecule has 28 heavy (non-hydrogen) atoms. The molecule has 1 aliphatic carbocycles. The van der Waals surface area contributed by atoms with Gasteiger partial charge in [-0.1, -0.05) is 44.2 Å². The number of fused-ring (bicyclic) bond motifs is 1. The fraction of sp³-hybridized carbons (Fsp3) is 0.435. The highest BCUT2D eigenvalue weighted by atomic mass is 16.2.